The average molecular weight is 512 g/mol. The summed E-state index contributed by atoms with van der Waals surface area (Å²) < 4.78 is 1.77. The SMILES string of the molecule is Cc1cc(Nc2nc(N3CCN(C(=O)C(C)(C(C)C)N(C(=O)O)C(C)(C)C)CC3)nn3cccc23)n[nH]1. The van der Waals surface area contributed by atoms with Crippen molar-refractivity contribution in [1.82, 2.24) is 34.6 Å². The molecule has 1 fully saturated rings. The first-order valence-electron chi connectivity index (χ1n) is 12.5. The quantitative estimate of drug-likeness (QED) is 0.459. The highest BCUT2D eigenvalue weighted by Gasteiger charge is 2.51. The molecule has 200 valence electrons. The molecule has 3 aromatic rings. The number of amides is 2. The van der Waals surface area contributed by atoms with Crippen LogP contribution in [-0.2, 0) is 4.79 Å². The fourth-order valence-corrected chi connectivity index (χ4v) is 4.97. The summed E-state index contributed by atoms with van der Waals surface area (Å²) in [7, 11) is 0. The van der Waals surface area contributed by atoms with Crippen molar-refractivity contribution in [3.05, 3.63) is 30.1 Å². The molecule has 12 heteroatoms. The number of aryl methyl sites for hydroxylation is 1. The van der Waals surface area contributed by atoms with Gasteiger partial charge in [0.25, 0.3) is 0 Å². The molecule has 3 N–H and O–H groups in total. The third-order valence-corrected chi connectivity index (χ3v) is 7.07. The minimum absolute atomic E-state index is 0.183. The first-order chi connectivity index (χ1) is 17.3. The van der Waals surface area contributed by atoms with Crippen molar-refractivity contribution in [2.75, 3.05) is 36.4 Å². The topological polar surface area (TPSA) is 135 Å². The van der Waals surface area contributed by atoms with Crippen LogP contribution >= 0.6 is 0 Å². The van der Waals surface area contributed by atoms with Crippen molar-refractivity contribution in [3.8, 4) is 0 Å². The average Bonchev–Trinajstić information content (AvgIpc) is 3.46. The van der Waals surface area contributed by atoms with Crippen LogP contribution in [0.2, 0.25) is 0 Å². The number of aromatic amines is 1. The Kier molecular flexibility index (Phi) is 6.78. The van der Waals surface area contributed by atoms with E-state index in [9.17, 15) is 14.7 Å². The highest BCUT2D eigenvalue weighted by atomic mass is 16.4. The number of carboxylic acid groups (broad SMARTS) is 1. The van der Waals surface area contributed by atoms with Crippen molar-refractivity contribution in [2.24, 2.45) is 5.92 Å². The monoisotopic (exact) mass is 511 g/mol. The highest BCUT2D eigenvalue weighted by molar-refractivity contribution is 5.90. The molecule has 4 heterocycles. The molecule has 4 rings (SSSR count). The second-order valence-electron chi connectivity index (χ2n) is 11.0. The smallest absolute Gasteiger partial charge is 0.408 e. The number of H-pyrrole nitrogens is 1. The predicted molar refractivity (Wildman–Crippen MR) is 141 cm³/mol. The third kappa shape index (κ3) is 4.92. The summed E-state index contributed by atoms with van der Waals surface area (Å²) in [5.74, 6) is 1.44. The van der Waals surface area contributed by atoms with Gasteiger partial charge >= 0.3 is 6.09 Å². The number of nitrogens with zero attached hydrogens (tertiary/aromatic N) is 7. The molecule has 37 heavy (non-hydrogen) atoms. The molecule has 0 radical (unpaired) electrons. The third-order valence-electron chi connectivity index (χ3n) is 7.07. The number of hydrogen-bond donors (Lipinski definition) is 3. The molecule has 1 aliphatic heterocycles. The van der Waals surface area contributed by atoms with E-state index in [1.165, 1.54) is 4.90 Å². The van der Waals surface area contributed by atoms with Gasteiger partial charge in [0.2, 0.25) is 11.9 Å². The molecule has 1 aliphatic rings. The Morgan fingerprint density at radius 3 is 2.38 bits per heavy atom. The number of carbonyl (C=O) groups is 2. The Morgan fingerprint density at radius 1 is 1.16 bits per heavy atom. The molecule has 1 atom stereocenters. The van der Waals surface area contributed by atoms with E-state index in [1.807, 2.05) is 70.8 Å². The summed E-state index contributed by atoms with van der Waals surface area (Å²) in [5, 5.41) is 25.1. The van der Waals surface area contributed by atoms with Gasteiger partial charge in [-0.15, -0.1) is 5.10 Å². The summed E-state index contributed by atoms with van der Waals surface area (Å²) in [4.78, 5) is 36.0. The van der Waals surface area contributed by atoms with Crippen LogP contribution in [0.25, 0.3) is 5.52 Å². The molecule has 1 saturated heterocycles. The minimum Gasteiger partial charge on any atom is -0.465 e. The van der Waals surface area contributed by atoms with E-state index in [0.717, 1.165) is 11.2 Å². The van der Waals surface area contributed by atoms with Gasteiger partial charge in [-0.2, -0.15) is 10.1 Å². The first-order valence-corrected chi connectivity index (χ1v) is 12.5. The first kappa shape index (κ1) is 26.2. The van der Waals surface area contributed by atoms with E-state index in [1.54, 1.807) is 16.3 Å². The number of carbonyl (C=O) groups excluding carboxylic acids is 1. The second-order valence-corrected chi connectivity index (χ2v) is 11.0. The molecule has 1 unspecified atom stereocenters. The Hall–Kier alpha value is -3.83. The maximum Gasteiger partial charge on any atom is 0.408 e. The lowest BCUT2D eigenvalue weighted by Gasteiger charge is -2.50. The zero-order chi connectivity index (χ0) is 27.1. The van der Waals surface area contributed by atoms with E-state index < -0.39 is 17.2 Å². The summed E-state index contributed by atoms with van der Waals surface area (Å²) in [6.45, 7) is 14.8. The summed E-state index contributed by atoms with van der Waals surface area (Å²) in [5.41, 5.74) is -0.184. The van der Waals surface area contributed by atoms with Gasteiger partial charge in [-0.25, -0.2) is 9.31 Å². The summed E-state index contributed by atoms with van der Waals surface area (Å²) in [6.07, 6.45) is 0.763. The maximum absolute atomic E-state index is 13.8. The number of anilines is 3. The van der Waals surface area contributed by atoms with Crippen LogP contribution in [0.15, 0.2) is 24.4 Å². The zero-order valence-electron chi connectivity index (χ0n) is 22.6. The van der Waals surface area contributed by atoms with Crippen molar-refractivity contribution in [2.45, 2.75) is 59.5 Å². The Bertz CT molecular complexity index is 1280. The van der Waals surface area contributed by atoms with Crippen LogP contribution in [0.4, 0.5) is 22.4 Å². The molecule has 0 aromatic carbocycles. The van der Waals surface area contributed by atoms with E-state index in [4.69, 9.17) is 4.98 Å². The van der Waals surface area contributed by atoms with Crippen LogP contribution < -0.4 is 10.2 Å². The molecule has 0 saturated carbocycles. The number of piperazine rings is 1. The van der Waals surface area contributed by atoms with Crippen molar-refractivity contribution < 1.29 is 14.7 Å². The van der Waals surface area contributed by atoms with E-state index >= 15 is 0 Å². The lowest BCUT2D eigenvalue weighted by Crippen LogP contribution is -2.68. The molecule has 0 spiro atoms. The highest BCUT2D eigenvalue weighted by Crippen LogP contribution is 2.34. The zero-order valence-corrected chi connectivity index (χ0v) is 22.6. The Balaban J connectivity index is 1.55. The number of rotatable bonds is 6. The Labute approximate surface area is 216 Å². The summed E-state index contributed by atoms with van der Waals surface area (Å²) >= 11 is 0. The van der Waals surface area contributed by atoms with Gasteiger partial charge in [-0.3, -0.25) is 14.8 Å². The molecular formula is C25H37N9O3. The van der Waals surface area contributed by atoms with Crippen LogP contribution in [0.5, 0.6) is 0 Å². The largest absolute Gasteiger partial charge is 0.465 e. The van der Waals surface area contributed by atoms with Crippen LogP contribution in [0, 0.1) is 12.8 Å². The van der Waals surface area contributed by atoms with Gasteiger partial charge in [-0.05, 0) is 52.7 Å². The van der Waals surface area contributed by atoms with E-state index in [-0.39, 0.29) is 11.8 Å². The predicted octanol–water partition coefficient (Wildman–Crippen LogP) is 3.35. The fourth-order valence-electron chi connectivity index (χ4n) is 4.97. The van der Waals surface area contributed by atoms with E-state index in [0.29, 0.717) is 43.8 Å². The molecule has 3 aromatic heterocycles. The minimum atomic E-state index is -1.20. The Morgan fingerprint density at radius 2 is 1.84 bits per heavy atom. The molecule has 2 amide bonds. The number of fused-ring (bicyclic) bond motifs is 1. The lowest BCUT2D eigenvalue weighted by molar-refractivity contribution is -0.149. The van der Waals surface area contributed by atoms with Crippen LogP contribution in [0.1, 0.15) is 47.2 Å². The van der Waals surface area contributed by atoms with Crippen molar-refractivity contribution in [1.29, 1.82) is 0 Å². The molecule has 0 aliphatic carbocycles. The molecule has 12 nitrogen and oxygen atoms in total. The van der Waals surface area contributed by atoms with Gasteiger partial charge in [-0.1, -0.05) is 13.8 Å². The van der Waals surface area contributed by atoms with Gasteiger partial charge in [0.15, 0.2) is 11.6 Å². The van der Waals surface area contributed by atoms with Gasteiger partial charge < -0.3 is 20.2 Å². The normalized spacial score (nSPS) is 16.2. The van der Waals surface area contributed by atoms with Gasteiger partial charge in [0.1, 0.15) is 11.1 Å². The van der Waals surface area contributed by atoms with Crippen molar-refractivity contribution in [3.63, 3.8) is 0 Å². The fraction of sp³-hybridized carbons (Fsp3) is 0.560. The van der Waals surface area contributed by atoms with Crippen LogP contribution in [0.3, 0.4) is 0 Å². The van der Waals surface area contributed by atoms with Gasteiger partial charge in [0, 0.05) is 49.7 Å². The number of aromatic nitrogens is 5. The van der Waals surface area contributed by atoms with Gasteiger partial charge in [0.05, 0.1) is 0 Å². The number of nitrogens with one attached hydrogen (secondary N) is 2. The second kappa shape index (κ2) is 9.56. The molecule has 0 bridgehead atoms. The van der Waals surface area contributed by atoms with Crippen LogP contribution in [-0.4, -0.2) is 89.0 Å². The lowest BCUT2D eigenvalue weighted by atomic mass is 9.81. The van der Waals surface area contributed by atoms with Crippen molar-refractivity contribution >= 4 is 35.1 Å². The van der Waals surface area contributed by atoms with E-state index in [2.05, 4.69) is 20.6 Å². The maximum atomic E-state index is 13.8. The summed E-state index contributed by atoms with van der Waals surface area (Å²) in [6, 6.07) is 5.73. The molecular weight excluding hydrogens is 474 g/mol. The number of hydrogen-bond acceptors (Lipinski definition) is 7. The standard InChI is InChI=1S/C25H37N9O3/c1-16(2)25(7,34(23(36)37)24(4,5)6)21(35)31-11-13-32(14-12-31)22-27-20(18-9-8-10-33(18)30-22)26-19-15-17(3)28-29-19/h8-10,15-16H,11-14H2,1-7H3,(H,36,37)(H2,26,27,28,29,30).